The first-order valence-electron chi connectivity index (χ1n) is 4.59. The average molecular weight is 170 g/mol. The third-order valence-electron chi connectivity index (χ3n) is 2.74. The number of carbonyl (C=O) groups excluding carboxylic acids is 1. The third kappa shape index (κ3) is 2.23. The van der Waals surface area contributed by atoms with Gasteiger partial charge in [0.1, 0.15) is 5.60 Å². The highest BCUT2D eigenvalue weighted by molar-refractivity contribution is 5.38. The van der Waals surface area contributed by atoms with Crippen LogP contribution in [-0.2, 0) is 9.53 Å². The van der Waals surface area contributed by atoms with E-state index >= 15 is 0 Å². The lowest BCUT2D eigenvalue weighted by atomic mass is 9.70. The predicted molar refractivity (Wildman–Crippen MR) is 47.8 cm³/mol. The summed E-state index contributed by atoms with van der Waals surface area (Å²) in [6, 6.07) is 0. The van der Waals surface area contributed by atoms with E-state index in [-0.39, 0.29) is 5.60 Å². The van der Waals surface area contributed by atoms with Gasteiger partial charge in [0.2, 0.25) is 0 Å². The molecule has 0 aromatic rings. The van der Waals surface area contributed by atoms with Gasteiger partial charge in [-0.2, -0.15) is 0 Å². The molecule has 0 amide bonds. The lowest BCUT2D eigenvalue weighted by Crippen LogP contribution is -2.38. The molecule has 12 heavy (non-hydrogen) atoms. The highest BCUT2D eigenvalue weighted by Gasteiger charge is 2.37. The van der Waals surface area contributed by atoms with E-state index in [1.165, 1.54) is 6.42 Å². The minimum absolute atomic E-state index is 0.205. The molecule has 70 valence electrons. The van der Waals surface area contributed by atoms with Crippen LogP contribution in [0, 0.1) is 5.41 Å². The van der Waals surface area contributed by atoms with Crippen molar-refractivity contribution in [2.24, 2.45) is 5.41 Å². The van der Waals surface area contributed by atoms with Crippen molar-refractivity contribution < 1.29 is 9.53 Å². The zero-order chi connectivity index (χ0) is 9.24. The maximum atomic E-state index is 10.3. The molecule has 0 heterocycles. The standard InChI is InChI=1S/C10H18O2/c1-9(2)5-4-6-10(3,7-9)12-8-11/h8H,4-7H2,1-3H3. The Balaban J connectivity index is 2.60. The van der Waals surface area contributed by atoms with Gasteiger partial charge in [-0.1, -0.05) is 13.8 Å². The van der Waals surface area contributed by atoms with Gasteiger partial charge in [0.05, 0.1) is 0 Å². The molecule has 1 rings (SSSR count). The van der Waals surface area contributed by atoms with Crippen LogP contribution < -0.4 is 0 Å². The number of ether oxygens (including phenoxy) is 1. The molecule has 1 aliphatic rings. The molecule has 0 N–H and O–H groups in total. The molecule has 0 saturated heterocycles. The molecule has 0 bridgehead atoms. The van der Waals surface area contributed by atoms with Gasteiger partial charge in [0.25, 0.3) is 6.47 Å². The van der Waals surface area contributed by atoms with Crippen molar-refractivity contribution in [3.8, 4) is 0 Å². The second-order valence-electron chi connectivity index (χ2n) is 4.86. The smallest absolute Gasteiger partial charge is 0.293 e. The fourth-order valence-electron chi connectivity index (χ4n) is 2.35. The van der Waals surface area contributed by atoms with Crippen molar-refractivity contribution in [3.05, 3.63) is 0 Å². The van der Waals surface area contributed by atoms with Crippen molar-refractivity contribution in [1.29, 1.82) is 0 Å². The van der Waals surface area contributed by atoms with Crippen LogP contribution >= 0.6 is 0 Å². The Hall–Kier alpha value is -0.530. The molecular weight excluding hydrogens is 152 g/mol. The fraction of sp³-hybridized carbons (Fsp3) is 0.900. The van der Waals surface area contributed by atoms with E-state index in [1.54, 1.807) is 0 Å². The summed E-state index contributed by atoms with van der Waals surface area (Å²) in [4.78, 5) is 10.3. The van der Waals surface area contributed by atoms with Gasteiger partial charge in [0.15, 0.2) is 0 Å². The molecule has 1 fully saturated rings. The summed E-state index contributed by atoms with van der Waals surface area (Å²) in [6.07, 6.45) is 4.40. The number of hydrogen-bond acceptors (Lipinski definition) is 2. The molecule has 2 heteroatoms. The van der Waals surface area contributed by atoms with Crippen LogP contribution in [0.1, 0.15) is 46.5 Å². The molecule has 2 nitrogen and oxygen atoms in total. The number of hydrogen-bond donors (Lipinski definition) is 0. The topological polar surface area (TPSA) is 26.3 Å². The Morgan fingerprint density at radius 2 is 1.92 bits per heavy atom. The summed E-state index contributed by atoms with van der Waals surface area (Å²) in [5.41, 5.74) is 0.125. The first-order chi connectivity index (χ1) is 5.47. The monoisotopic (exact) mass is 170 g/mol. The zero-order valence-electron chi connectivity index (χ0n) is 8.22. The fourth-order valence-corrected chi connectivity index (χ4v) is 2.35. The van der Waals surface area contributed by atoms with Crippen molar-refractivity contribution >= 4 is 6.47 Å². The minimum atomic E-state index is -0.205. The summed E-state index contributed by atoms with van der Waals surface area (Å²) in [7, 11) is 0. The van der Waals surface area contributed by atoms with Crippen molar-refractivity contribution in [2.45, 2.75) is 52.1 Å². The van der Waals surface area contributed by atoms with E-state index in [0.717, 1.165) is 19.3 Å². The molecule has 1 unspecified atom stereocenters. The summed E-state index contributed by atoms with van der Waals surface area (Å²) < 4.78 is 5.13. The van der Waals surface area contributed by atoms with Crippen LogP contribution in [0.15, 0.2) is 0 Å². The van der Waals surface area contributed by atoms with Gasteiger partial charge in [-0.25, -0.2) is 0 Å². The number of rotatable bonds is 2. The lowest BCUT2D eigenvalue weighted by molar-refractivity contribution is -0.148. The molecule has 1 aliphatic carbocycles. The van der Waals surface area contributed by atoms with Crippen LogP contribution in [0.2, 0.25) is 0 Å². The van der Waals surface area contributed by atoms with Gasteiger partial charge < -0.3 is 4.74 Å². The Morgan fingerprint density at radius 3 is 2.42 bits per heavy atom. The zero-order valence-corrected chi connectivity index (χ0v) is 8.22. The molecule has 1 atom stereocenters. The molecule has 0 spiro atoms. The van der Waals surface area contributed by atoms with Gasteiger partial charge in [-0.05, 0) is 38.0 Å². The van der Waals surface area contributed by atoms with E-state index in [0.29, 0.717) is 11.9 Å². The SMILES string of the molecule is CC1(C)CCCC(C)(OC=O)C1. The first-order valence-corrected chi connectivity index (χ1v) is 4.59. The maximum absolute atomic E-state index is 10.3. The number of carbonyl (C=O) groups is 1. The molecule has 1 saturated carbocycles. The van der Waals surface area contributed by atoms with Crippen LogP contribution in [0.3, 0.4) is 0 Å². The molecule has 0 aromatic carbocycles. The van der Waals surface area contributed by atoms with E-state index < -0.39 is 0 Å². The normalized spacial score (nSPS) is 34.2. The van der Waals surface area contributed by atoms with Gasteiger partial charge in [-0.15, -0.1) is 0 Å². The Labute approximate surface area is 74.3 Å². The quantitative estimate of drug-likeness (QED) is 0.595. The van der Waals surface area contributed by atoms with E-state index in [4.69, 9.17) is 4.74 Å². The van der Waals surface area contributed by atoms with Gasteiger partial charge in [0, 0.05) is 0 Å². The Bertz CT molecular complexity index is 175. The first kappa shape index (κ1) is 9.56. The van der Waals surface area contributed by atoms with Crippen molar-refractivity contribution in [3.63, 3.8) is 0 Å². The van der Waals surface area contributed by atoms with Gasteiger partial charge in [-0.3, -0.25) is 4.79 Å². The minimum Gasteiger partial charge on any atom is -0.462 e. The van der Waals surface area contributed by atoms with Crippen LogP contribution in [0.4, 0.5) is 0 Å². The highest BCUT2D eigenvalue weighted by Crippen LogP contribution is 2.42. The van der Waals surface area contributed by atoms with Crippen LogP contribution in [0.5, 0.6) is 0 Å². The van der Waals surface area contributed by atoms with Crippen LogP contribution in [-0.4, -0.2) is 12.1 Å². The molecule has 0 aromatic heterocycles. The predicted octanol–water partition coefficient (Wildman–Crippen LogP) is 2.52. The van der Waals surface area contributed by atoms with E-state index in [1.807, 2.05) is 6.92 Å². The van der Waals surface area contributed by atoms with Gasteiger partial charge >= 0.3 is 0 Å². The Morgan fingerprint density at radius 1 is 1.25 bits per heavy atom. The van der Waals surface area contributed by atoms with E-state index in [9.17, 15) is 4.79 Å². The third-order valence-corrected chi connectivity index (χ3v) is 2.74. The molecule has 0 aliphatic heterocycles. The second kappa shape index (κ2) is 3.08. The largest absolute Gasteiger partial charge is 0.462 e. The lowest BCUT2D eigenvalue weighted by Gasteiger charge is -2.41. The summed E-state index contributed by atoms with van der Waals surface area (Å²) >= 11 is 0. The van der Waals surface area contributed by atoms with Crippen molar-refractivity contribution in [2.75, 3.05) is 0 Å². The van der Waals surface area contributed by atoms with E-state index in [2.05, 4.69) is 13.8 Å². The molecular formula is C10H18O2. The summed E-state index contributed by atoms with van der Waals surface area (Å²) in [6.45, 7) is 7.08. The Kier molecular flexibility index (Phi) is 2.45. The second-order valence-corrected chi connectivity index (χ2v) is 4.86. The maximum Gasteiger partial charge on any atom is 0.293 e. The summed E-state index contributed by atoms with van der Waals surface area (Å²) in [5, 5.41) is 0. The van der Waals surface area contributed by atoms with Crippen molar-refractivity contribution in [1.82, 2.24) is 0 Å². The summed E-state index contributed by atoms with van der Waals surface area (Å²) in [5.74, 6) is 0. The van der Waals surface area contributed by atoms with Crippen LogP contribution in [0.25, 0.3) is 0 Å². The average Bonchev–Trinajstić information content (AvgIpc) is 1.83. The highest BCUT2D eigenvalue weighted by atomic mass is 16.5. The molecule has 0 radical (unpaired) electrons.